The van der Waals surface area contributed by atoms with E-state index in [1.807, 2.05) is 36.6 Å². The van der Waals surface area contributed by atoms with E-state index < -0.39 is 6.10 Å². The molecule has 0 saturated carbocycles. The number of para-hydroxylation sites is 1. The van der Waals surface area contributed by atoms with Crippen LogP contribution in [0.2, 0.25) is 0 Å². The molecule has 0 unspecified atom stereocenters. The van der Waals surface area contributed by atoms with Crippen LogP contribution < -0.4 is 5.32 Å². The molecule has 0 spiro atoms. The summed E-state index contributed by atoms with van der Waals surface area (Å²) in [6, 6.07) is 7.55. The van der Waals surface area contributed by atoms with Crippen molar-refractivity contribution in [2.75, 3.05) is 11.6 Å². The molecule has 22 heavy (non-hydrogen) atoms. The highest BCUT2D eigenvalue weighted by Gasteiger charge is 2.25. The number of benzene rings is 1. The van der Waals surface area contributed by atoms with Crippen molar-refractivity contribution in [2.45, 2.75) is 37.2 Å². The number of allylic oxidation sites excluding steroid dienone is 2. The van der Waals surface area contributed by atoms with Gasteiger partial charge in [-0.2, -0.15) is 0 Å². The van der Waals surface area contributed by atoms with Crippen molar-refractivity contribution in [3.05, 3.63) is 36.4 Å². The van der Waals surface area contributed by atoms with Crippen molar-refractivity contribution in [1.82, 2.24) is 0 Å². The van der Waals surface area contributed by atoms with Crippen LogP contribution in [0.25, 0.3) is 0 Å². The van der Waals surface area contributed by atoms with Crippen LogP contribution >= 0.6 is 11.8 Å². The molecule has 0 radical (unpaired) electrons. The minimum atomic E-state index is -0.798. The first-order valence-corrected chi connectivity index (χ1v) is 8.63. The molecule has 1 aromatic carbocycles. The molecule has 1 aliphatic carbocycles. The van der Waals surface area contributed by atoms with Crippen LogP contribution in [-0.4, -0.2) is 24.2 Å². The first kappa shape index (κ1) is 16.6. The van der Waals surface area contributed by atoms with Gasteiger partial charge in [0.15, 0.2) is 6.10 Å². The van der Waals surface area contributed by atoms with Crippen LogP contribution in [0.3, 0.4) is 0 Å². The zero-order valence-electron chi connectivity index (χ0n) is 12.9. The molecule has 118 valence electrons. The van der Waals surface area contributed by atoms with Crippen LogP contribution in [0.1, 0.15) is 26.2 Å². The third-order valence-corrected chi connectivity index (χ3v) is 4.43. The number of amides is 1. The van der Waals surface area contributed by atoms with Gasteiger partial charge in [-0.3, -0.25) is 9.59 Å². The molecule has 0 fully saturated rings. The molecule has 4 nitrogen and oxygen atoms in total. The number of rotatable bonds is 5. The van der Waals surface area contributed by atoms with E-state index in [4.69, 9.17) is 4.74 Å². The average Bonchev–Trinajstić information content (AvgIpc) is 2.56. The van der Waals surface area contributed by atoms with E-state index in [1.165, 1.54) is 0 Å². The number of nitrogens with one attached hydrogen (secondary N) is 1. The molecular formula is C17H21NO3S. The fourth-order valence-corrected chi connectivity index (χ4v) is 2.87. The normalized spacial score (nSPS) is 18.5. The van der Waals surface area contributed by atoms with E-state index in [9.17, 15) is 9.59 Å². The highest BCUT2D eigenvalue weighted by Crippen LogP contribution is 2.25. The van der Waals surface area contributed by atoms with Gasteiger partial charge in [0.2, 0.25) is 0 Å². The number of ether oxygens (including phenoxy) is 1. The number of hydrogen-bond donors (Lipinski definition) is 1. The standard InChI is InChI=1S/C17H21NO3S/c1-12(21-17(20)13-8-4-3-5-9-13)16(19)18-14-10-6-7-11-15(14)22-2/h3-4,6-7,10-13H,5,8-9H2,1-2H3,(H,18,19)/t12-,13-/m0/s1. The van der Waals surface area contributed by atoms with Crippen LogP contribution in [0.5, 0.6) is 0 Å². The molecule has 1 N–H and O–H groups in total. The van der Waals surface area contributed by atoms with Crippen molar-refractivity contribution >= 4 is 29.3 Å². The zero-order chi connectivity index (χ0) is 15.9. The minimum Gasteiger partial charge on any atom is -0.452 e. The molecule has 2 rings (SSSR count). The van der Waals surface area contributed by atoms with E-state index in [2.05, 4.69) is 11.4 Å². The lowest BCUT2D eigenvalue weighted by molar-refractivity contribution is -0.157. The zero-order valence-corrected chi connectivity index (χ0v) is 13.7. The maximum atomic E-state index is 12.2. The Bertz CT molecular complexity index is 571. The van der Waals surface area contributed by atoms with E-state index in [0.717, 1.165) is 23.4 Å². The van der Waals surface area contributed by atoms with Crippen LogP contribution in [0, 0.1) is 5.92 Å². The van der Waals surface area contributed by atoms with Gasteiger partial charge in [-0.1, -0.05) is 24.3 Å². The number of hydrogen-bond acceptors (Lipinski definition) is 4. The summed E-state index contributed by atoms with van der Waals surface area (Å²) < 4.78 is 5.31. The molecule has 0 heterocycles. The second-order valence-electron chi connectivity index (χ2n) is 5.25. The topological polar surface area (TPSA) is 55.4 Å². The van der Waals surface area contributed by atoms with Gasteiger partial charge >= 0.3 is 5.97 Å². The van der Waals surface area contributed by atoms with Gasteiger partial charge in [0, 0.05) is 4.90 Å². The Morgan fingerprint density at radius 1 is 1.32 bits per heavy atom. The number of anilines is 1. The van der Waals surface area contributed by atoms with E-state index in [0.29, 0.717) is 6.42 Å². The first-order valence-electron chi connectivity index (χ1n) is 7.41. The summed E-state index contributed by atoms with van der Waals surface area (Å²) in [5.41, 5.74) is 0.739. The average molecular weight is 319 g/mol. The fraction of sp³-hybridized carbons (Fsp3) is 0.412. The molecule has 1 aromatic rings. The second kappa shape index (κ2) is 8.03. The molecule has 2 atom stereocenters. The van der Waals surface area contributed by atoms with Gasteiger partial charge in [-0.15, -0.1) is 11.8 Å². The number of thioether (sulfide) groups is 1. The van der Waals surface area contributed by atoms with Crippen molar-refractivity contribution in [2.24, 2.45) is 5.92 Å². The lowest BCUT2D eigenvalue weighted by atomic mass is 9.95. The molecule has 0 aromatic heterocycles. The monoisotopic (exact) mass is 319 g/mol. The van der Waals surface area contributed by atoms with Gasteiger partial charge in [-0.05, 0) is 44.6 Å². The van der Waals surface area contributed by atoms with Crippen LogP contribution in [-0.2, 0) is 14.3 Å². The largest absolute Gasteiger partial charge is 0.452 e. The quantitative estimate of drug-likeness (QED) is 0.511. The number of carbonyl (C=O) groups excluding carboxylic acids is 2. The predicted octanol–water partition coefficient (Wildman–Crippen LogP) is 3.64. The maximum Gasteiger partial charge on any atom is 0.310 e. The van der Waals surface area contributed by atoms with Crippen molar-refractivity contribution in [1.29, 1.82) is 0 Å². The molecular weight excluding hydrogens is 298 g/mol. The van der Waals surface area contributed by atoms with Crippen molar-refractivity contribution in [3.63, 3.8) is 0 Å². The van der Waals surface area contributed by atoms with Crippen molar-refractivity contribution in [3.8, 4) is 0 Å². The van der Waals surface area contributed by atoms with Gasteiger partial charge in [0.1, 0.15) is 0 Å². The Morgan fingerprint density at radius 3 is 2.77 bits per heavy atom. The summed E-state index contributed by atoms with van der Waals surface area (Å²) in [4.78, 5) is 25.2. The Kier molecular flexibility index (Phi) is 6.07. The summed E-state index contributed by atoms with van der Waals surface area (Å²) >= 11 is 1.56. The van der Waals surface area contributed by atoms with Gasteiger partial charge in [0.25, 0.3) is 5.91 Å². The first-order chi connectivity index (χ1) is 10.6. The van der Waals surface area contributed by atoms with Gasteiger partial charge in [0.05, 0.1) is 11.6 Å². The lowest BCUT2D eigenvalue weighted by Gasteiger charge is -2.20. The Hall–Kier alpha value is -1.75. The van der Waals surface area contributed by atoms with E-state index >= 15 is 0 Å². The highest BCUT2D eigenvalue weighted by atomic mass is 32.2. The van der Waals surface area contributed by atoms with Crippen LogP contribution in [0.4, 0.5) is 5.69 Å². The molecule has 0 saturated heterocycles. The third-order valence-electron chi connectivity index (χ3n) is 3.63. The summed E-state index contributed by atoms with van der Waals surface area (Å²) in [5.74, 6) is -0.718. The smallest absolute Gasteiger partial charge is 0.310 e. The number of esters is 1. The maximum absolute atomic E-state index is 12.2. The summed E-state index contributed by atoms with van der Waals surface area (Å²) in [6.45, 7) is 1.60. The minimum absolute atomic E-state index is 0.126. The molecule has 1 amide bonds. The summed E-state index contributed by atoms with van der Waals surface area (Å²) in [7, 11) is 0. The van der Waals surface area contributed by atoms with Gasteiger partial charge < -0.3 is 10.1 Å². The summed E-state index contributed by atoms with van der Waals surface area (Å²) in [6.07, 6.45) is 7.59. The van der Waals surface area contributed by atoms with E-state index in [1.54, 1.807) is 18.7 Å². The summed E-state index contributed by atoms with van der Waals surface area (Å²) in [5, 5.41) is 2.82. The highest BCUT2D eigenvalue weighted by molar-refractivity contribution is 7.98. The molecule has 0 aliphatic heterocycles. The molecule has 1 aliphatic rings. The second-order valence-corrected chi connectivity index (χ2v) is 6.10. The number of carbonyl (C=O) groups is 2. The fourth-order valence-electron chi connectivity index (χ4n) is 2.31. The SMILES string of the molecule is CSc1ccccc1NC(=O)[C@H](C)OC(=O)[C@H]1CC=CCC1. The van der Waals surface area contributed by atoms with Crippen LogP contribution in [0.15, 0.2) is 41.3 Å². The predicted molar refractivity (Wildman–Crippen MR) is 88.9 cm³/mol. The third kappa shape index (κ3) is 4.37. The molecule has 5 heteroatoms. The molecule has 0 bridgehead atoms. The Morgan fingerprint density at radius 2 is 2.09 bits per heavy atom. The lowest BCUT2D eigenvalue weighted by Crippen LogP contribution is -2.32. The van der Waals surface area contributed by atoms with Gasteiger partial charge in [-0.25, -0.2) is 0 Å². The van der Waals surface area contributed by atoms with Crippen molar-refractivity contribution < 1.29 is 14.3 Å². The Labute approximate surface area is 135 Å². The van der Waals surface area contributed by atoms with E-state index in [-0.39, 0.29) is 17.8 Å². The Balaban J connectivity index is 1.91.